The van der Waals surface area contributed by atoms with Crippen LogP contribution >= 0.6 is 7.92 Å². The molecule has 3 rings (SSSR count). The molecule has 0 saturated heterocycles. The van der Waals surface area contributed by atoms with Gasteiger partial charge in [-0.3, -0.25) is 0 Å². The van der Waals surface area contributed by atoms with Gasteiger partial charge in [0.2, 0.25) is 0 Å². The van der Waals surface area contributed by atoms with Crippen LogP contribution < -0.4 is 15.9 Å². The second-order valence-electron chi connectivity index (χ2n) is 4.52. The summed E-state index contributed by atoms with van der Waals surface area (Å²) in [6.07, 6.45) is 0. The van der Waals surface area contributed by atoms with Crippen molar-refractivity contribution in [3.05, 3.63) is 84.9 Å². The van der Waals surface area contributed by atoms with Crippen molar-refractivity contribution in [1.29, 1.82) is 0 Å². The van der Waals surface area contributed by atoms with Crippen LogP contribution in [0.2, 0.25) is 0 Å². The lowest BCUT2D eigenvalue weighted by Gasteiger charge is -2.19. The van der Waals surface area contributed by atoms with Crippen molar-refractivity contribution in [3.63, 3.8) is 0 Å². The van der Waals surface area contributed by atoms with Gasteiger partial charge >= 0.3 is 0 Å². The SMILES string of the molecule is Oc1ccc(P(c2ccccc2)c2ccccc2)cc1. The largest absolute Gasteiger partial charge is 0.508 e. The van der Waals surface area contributed by atoms with E-state index < -0.39 is 7.92 Å². The zero-order chi connectivity index (χ0) is 13.8. The minimum atomic E-state index is -0.569. The molecular formula is C18H15OP. The lowest BCUT2D eigenvalue weighted by atomic mass is 10.3. The van der Waals surface area contributed by atoms with E-state index >= 15 is 0 Å². The van der Waals surface area contributed by atoms with Crippen molar-refractivity contribution < 1.29 is 5.11 Å². The molecule has 0 amide bonds. The molecule has 3 aromatic carbocycles. The second kappa shape index (κ2) is 5.90. The molecular weight excluding hydrogens is 263 g/mol. The van der Waals surface area contributed by atoms with E-state index in [4.69, 9.17) is 0 Å². The molecule has 0 radical (unpaired) electrons. The van der Waals surface area contributed by atoms with E-state index in [1.807, 2.05) is 24.3 Å². The summed E-state index contributed by atoms with van der Waals surface area (Å²) >= 11 is 0. The zero-order valence-corrected chi connectivity index (χ0v) is 11.9. The highest BCUT2D eigenvalue weighted by atomic mass is 31.1. The Kier molecular flexibility index (Phi) is 3.80. The Morgan fingerprint density at radius 3 is 1.35 bits per heavy atom. The quantitative estimate of drug-likeness (QED) is 0.730. The number of benzene rings is 3. The Hall–Kier alpha value is -2.11. The van der Waals surface area contributed by atoms with Crippen molar-refractivity contribution in [2.45, 2.75) is 0 Å². The Bertz CT molecular complexity index is 623. The van der Waals surface area contributed by atoms with E-state index in [1.54, 1.807) is 12.1 Å². The lowest BCUT2D eigenvalue weighted by molar-refractivity contribution is 0.475. The first-order valence-corrected chi connectivity index (χ1v) is 7.88. The molecule has 0 unspecified atom stereocenters. The van der Waals surface area contributed by atoms with Crippen molar-refractivity contribution in [3.8, 4) is 5.75 Å². The third kappa shape index (κ3) is 2.74. The van der Waals surface area contributed by atoms with E-state index in [0.717, 1.165) is 0 Å². The fourth-order valence-electron chi connectivity index (χ4n) is 2.20. The smallest absolute Gasteiger partial charge is 0.115 e. The predicted octanol–water partition coefficient (Wildman–Crippen LogP) is 3.15. The average molecular weight is 278 g/mol. The Balaban J connectivity index is 2.11. The molecule has 0 fully saturated rings. The highest BCUT2D eigenvalue weighted by Crippen LogP contribution is 2.32. The molecule has 0 saturated carbocycles. The molecule has 0 bridgehead atoms. The summed E-state index contributed by atoms with van der Waals surface area (Å²) in [5.74, 6) is 0.310. The van der Waals surface area contributed by atoms with Crippen molar-refractivity contribution in [2.24, 2.45) is 0 Å². The average Bonchev–Trinajstić information content (AvgIpc) is 2.52. The molecule has 1 N–H and O–H groups in total. The van der Waals surface area contributed by atoms with Gasteiger partial charge in [0.15, 0.2) is 0 Å². The van der Waals surface area contributed by atoms with Gasteiger partial charge in [-0.05, 0) is 36.0 Å². The van der Waals surface area contributed by atoms with Crippen molar-refractivity contribution >= 4 is 23.8 Å². The van der Waals surface area contributed by atoms with Gasteiger partial charge in [0.1, 0.15) is 5.75 Å². The summed E-state index contributed by atoms with van der Waals surface area (Å²) in [7, 11) is -0.569. The fraction of sp³-hybridized carbons (Fsp3) is 0. The first-order valence-electron chi connectivity index (χ1n) is 6.54. The van der Waals surface area contributed by atoms with Crippen molar-refractivity contribution in [1.82, 2.24) is 0 Å². The molecule has 1 nitrogen and oxygen atoms in total. The molecule has 98 valence electrons. The number of phenols is 1. The van der Waals surface area contributed by atoms with Gasteiger partial charge in [0.25, 0.3) is 0 Å². The van der Waals surface area contributed by atoms with Crippen LogP contribution in [0.25, 0.3) is 0 Å². The first-order chi connectivity index (χ1) is 9.84. The van der Waals surface area contributed by atoms with Crippen molar-refractivity contribution in [2.75, 3.05) is 0 Å². The number of aromatic hydroxyl groups is 1. The molecule has 0 spiro atoms. The summed E-state index contributed by atoms with van der Waals surface area (Å²) < 4.78 is 0. The van der Waals surface area contributed by atoms with Gasteiger partial charge in [-0.2, -0.15) is 0 Å². The third-order valence-electron chi connectivity index (χ3n) is 3.14. The van der Waals surface area contributed by atoms with Crippen LogP contribution in [0.4, 0.5) is 0 Å². The Morgan fingerprint density at radius 2 is 0.900 bits per heavy atom. The molecule has 0 atom stereocenters. The maximum Gasteiger partial charge on any atom is 0.115 e. The highest BCUT2D eigenvalue weighted by Gasteiger charge is 2.15. The minimum absolute atomic E-state index is 0.310. The molecule has 0 aliphatic heterocycles. The lowest BCUT2D eigenvalue weighted by Crippen LogP contribution is -2.20. The number of rotatable bonds is 3. The summed E-state index contributed by atoms with van der Waals surface area (Å²) in [6, 6.07) is 28.6. The van der Waals surface area contributed by atoms with Gasteiger partial charge in [-0.15, -0.1) is 0 Å². The first kappa shape index (κ1) is 12.9. The molecule has 0 aliphatic carbocycles. The maximum absolute atomic E-state index is 9.49. The summed E-state index contributed by atoms with van der Waals surface area (Å²) in [6.45, 7) is 0. The van der Waals surface area contributed by atoms with Gasteiger partial charge in [-0.1, -0.05) is 72.8 Å². The molecule has 2 heteroatoms. The second-order valence-corrected chi connectivity index (χ2v) is 6.74. The van der Waals surface area contributed by atoms with Gasteiger partial charge < -0.3 is 5.11 Å². The molecule has 3 aromatic rings. The maximum atomic E-state index is 9.49. The van der Waals surface area contributed by atoms with E-state index in [9.17, 15) is 5.11 Å². The topological polar surface area (TPSA) is 20.2 Å². The van der Waals surface area contributed by atoms with Crippen LogP contribution in [0.15, 0.2) is 84.9 Å². The number of phenolic OH excluding ortho intramolecular Hbond substituents is 1. The summed E-state index contributed by atoms with van der Waals surface area (Å²) in [5, 5.41) is 13.4. The van der Waals surface area contributed by atoms with Crippen LogP contribution in [0.5, 0.6) is 5.75 Å². The minimum Gasteiger partial charge on any atom is -0.508 e. The van der Waals surface area contributed by atoms with E-state index in [2.05, 4.69) is 48.5 Å². The van der Waals surface area contributed by atoms with Gasteiger partial charge in [0, 0.05) is 0 Å². The van der Waals surface area contributed by atoms with Crippen LogP contribution in [0, 0.1) is 0 Å². The van der Waals surface area contributed by atoms with Gasteiger partial charge in [0.05, 0.1) is 0 Å². The van der Waals surface area contributed by atoms with Crippen LogP contribution in [-0.4, -0.2) is 5.11 Å². The zero-order valence-electron chi connectivity index (χ0n) is 11.0. The standard InChI is InChI=1S/C18H15OP/c19-15-11-13-18(14-12-15)20(16-7-3-1-4-8-16)17-9-5-2-6-10-17/h1-14,19H. The van der Waals surface area contributed by atoms with E-state index in [1.165, 1.54) is 15.9 Å². The Labute approximate surface area is 120 Å². The molecule has 20 heavy (non-hydrogen) atoms. The molecule has 0 aromatic heterocycles. The van der Waals surface area contributed by atoms with Crippen LogP contribution in [-0.2, 0) is 0 Å². The summed E-state index contributed by atoms with van der Waals surface area (Å²) in [4.78, 5) is 0. The van der Waals surface area contributed by atoms with Crippen LogP contribution in [0.3, 0.4) is 0 Å². The fourth-order valence-corrected chi connectivity index (χ4v) is 4.49. The highest BCUT2D eigenvalue weighted by molar-refractivity contribution is 7.79. The van der Waals surface area contributed by atoms with Crippen LogP contribution in [0.1, 0.15) is 0 Å². The Morgan fingerprint density at radius 1 is 0.500 bits per heavy atom. The number of hydrogen-bond acceptors (Lipinski definition) is 1. The normalized spacial score (nSPS) is 10.7. The van der Waals surface area contributed by atoms with Gasteiger partial charge in [-0.25, -0.2) is 0 Å². The molecule has 0 heterocycles. The monoisotopic (exact) mass is 278 g/mol. The molecule has 0 aliphatic rings. The summed E-state index contributed by atoms with van der Waals surface area (Å²) in [5.41, 5.74) is 0. The van der Waals surface area contributed by atoms with E-state index in [0.29, 0.717) is 5.75 Å². The number of hydrogen-bond donors (Lipinski definition) is 1. The third-order valence-corrected chi connectivity index (χ3v) is 5.58. The predicted molar refractivity (Wildman–Crippen MR) is 86.8 cm³/mol. The van der Waals surface area contributed by atoms with E-state index in [-0.39, 0.29) is 0 Å².